The highest BCUT2D eigenvalue weighted by molar-refractivity contribution is 6.00. The van der Waals surface area contributed by atoms with Gasteiger partial charge in [-0.2, -0.15) is 0 Å². The van der Waals surface area contributed by atoms with E-state index in [1.54, 1.807) is 0 Å². The summed E-state index contributed by atoms with van der Waals surface area (Å²) in [5, 5.41) is 0. The van der Waals surface area contributed by atoms with E-state index in [9.17, 15) is 9.59 Å². The van der Waals surface area contributed by atoms with Gasteiger partial charge in [-0.15, -0.1) is 0 Å². The highest BCUT2D eigenvalue weighted by Gasteiger charge is 2.14. The number of hydrogen-bond acceptors (Lipinski definition) is 4. The molecule has 0 saturated carbocycles. The van der Waals surface area contributed by atoms with Crippen LogP contribution in [0.2, 0.25) is 0 Å². The number of rotatable bonds is 3. The van der Waals surface area contributed by atoms with Crippen LogP contribution in [0.4, 0.5) is 0 Å². The summed E-state index contributed by atoms with van der Waals surface area (Å²) in [5.74, 6) is -1.90. The highest BCUT2D eigenvalue weighted by atomic mass is 16.6. The Morgan fingerprint density at radius 2 is 1.67 bits per heavy atom. The van der Waals surface area contributed by atoms with Crippen LogP contribution in [0.15, 0.2) is 24.5 Å². The first-order valence-corrected chi connectivity index (χ1v) is 3.14. The molecule has 0 atom stereocenters. The molecular formula is C8H10O4. The van der Waals surface area contributed by atoms with Crippen LogP contribution in [0, 0.1) is 0 Å². The summed E-state index contributed by atoms with van der Waals surface area (Å²) >= 11 is 0. The Morgan fingerprint density at radius 1 is 1.17 bits per heavy atom. The third kappa shape index (κ3) is 3.01. The van der Waals surface area contributed by atoms with Gasteiger partial charge in [0.25, 0.3) is 0 Å². The topological polar surface area (TPSA) is 52.6 Å². The van der Waals surface area contributed by atoms with E-state index in [0.717, 1.165) is 0 Å². The van der Waals surface area contributed by atoms with Crippen LogP contribution < -0.4 is 0 Å². The smallest absolute Gasteiger partial charge is 0.380 e. The maximum atomic E-state index is 10.8. The zero-order valence-electron chi connectivity index (χ0n) is 7.05. The maximum Gasteiger partial charge on any atom is 0.380 e. The number of esters is 2. The van der Waals surface area contributed by atoms with Gasteiger partial charge in [-0.1, -0.05) is 6.58 Å². The Balaban J connectivity index is 4.11. The van der Waals surface area contributed by atoms with Crippen molar-refractivity contribution in [1.29, 1.82) is 0 Å². The van der Waals surface area contributed by atoms with Crippen molar-refractivity contribution in [3.05, 3.63) is 24.5 Å². The first-order valence-electron chi connectivity index (χ1n) is 3.14. The lowest BCUT2D eigenvalue weighted by molar-refractivity contribution is -0.156. The summed E-state index contributed by atoms with van der Waals surface area (Å²) in [5.41, 5.74) is 0.146. The zero-order chi connectivity index (χ0) is 9.72. The third-order valence-electron chi connectivity index (χ3n) is 1.01. The van der Waals surface area contributed by atoms with Crippen molar-refractivity contribution in [1.82, 2.24) is 0 Å². The summed E-state index contributed by atoms with van der Waals surface area (Å²) in [6, 6.07) is 0. The van der Waals surface area contributed by atoms with Crippen molar-refractivity contribution < 1.29 is 19.1 Å². The second kappa shape index (κ2) is 4.33. The Hall–Kier alpha value is -1.58. The quantitative estimate of drug-likeness (QED) is 0.272. The minimum Gasteiger partial charge on any atom is -0.490 e. The van der Waals surface area contributed by atoms with Crippen molar-refractivity contribution in [2.75, 3.05) is 7.11 Å². The summed E-state index contributed by atoms with van der Waals surface area (Å²) in [4.78, 5) is 21.5. The average Bonchev–Trinajstić information content (AvgIpc) is 2.02. The van der Waals surface area contributed by atoms with Gasteiger partial charge >= 0.3 is 11.9 Å². The van der Waals surface area contributed by atoms with Crippen molar-refractivity contribution in [3.63, 3.8) is 0 Å². The molecule has 0 N–H and O–H groups in total. The van der Waals surface area contributed by atoms with Gasteiger partial charge in [0.15, 0.2) is 5.76 Å². The van der Waals surface area contributed by atoms with Crippen LogP contribution >= 0.6 is 0 Å². The molecule has 0 aliphatic carbocycles. The van der Waals surface area contributed by atoms with Gasteiger partial charge in [-0.3, -0.25) is 0 Å². The first kappa shape index (κ1) is 10.4. The van der Waals surface area contributed by atoms with Gasteiger partial charge in [0.2, 0.25) is 0 Å². The lowest BCUT2D eigenvalue weighted by atomic mass is 10.4. The molecule has 0 bridgehead atoms. The Labute approximate surface area is 70.5 Å². The molecule has 66 valence electrons. The number of ether oxygens (including phenoxy) is 2. The Kier molecular flexibility index (Phi) is 3.76. The van der Waals surface area contributed by atoms with Crippen molar-refractivity contribution >= 4 is 11.9 Å². The molecule has 0 aromatic carbocycles. The molecule has 4 heteroatoms. The number of carbonyl (C=O) groups excluding carboxylic acids is 2. The highest BCUT2D eigenvalue weighted by Crippen LogP contribution is 1.98. The predicted molar refractivity (Wildman–Crippen MR) is 42.1 cm³/mol. The lowest BCUT2D eigenvalue weighted by Crippen LogP contribution is -2.14. The third-order valence-corrected chi connectivity index (χ3v) is 1.01. The Morgan fingerprint density at radius 3 is 2.00 bits per heavy atom. The molecule has 4 nitrogen and oxygen atoms in total. The van der Waals surface area contributed by atoms with E-state index < -0.39 is 11.9 Å². The van der Waals surface area contributed by atoms with Gasteiger partial charge in [0.05, 0.1) is 7.11 Å². The van der Waals surface area contributed by atoms with Crippen LogP contribution in [-0.4, -0.2) is 19.0 Å². The first-order chi connectivity index (χ1) is 5.49. The van der Waals surface area contributed by atoms with E-state index >= 15 is 0 Å². The molecule has 12 heavy (non-hydrogen) atoms. The lowest BCUT2D eigenvalue weighted by Gasteiger charge is -2.02. The minimum atomic E-state index is -0.898. The van der Waals surface area contributed by atoms with Crippen molar-refractivity contribution in [2.24, 2.45) is 0 Å². The fourth-order valence-corrected chi connectivity index (χ4v) is 0.312. The average molecular weight is 170 g/mol. The molecule has 0 rings (SSSR count). The monoisotopic (exact) mass is 170 g/mol. The maximum absolute atomic E-state index is 10.8. The van der Waals surface area contributed by atoms with Gasteiger partial charge in [-0.25, -0.2) is 9.59 Å². The fourth-order valence-electron chi connectivity index (χ4n) is 0.312. The minimum absolute atomic E-state index is 0.146. The van der Waals surface area contributed by atoms with Crippen molar-refractivity contribution in [3.8, 4) is 0 Å². The molecule has 0 saturated heterocycles. The number of hydrogen-bond donors (Lipinski definition) is 0. The van der Waals surface area contributed by atoms with Gasteiger partial charge < -0.3 is 9.47 Å². The van der Waals surface area contributed by atoms with Crippen LogP contribution in [-0.2, 0) is 19.1 Å². The number of methoxy groups -OCH3 is 1. The fraction of sp³-hybridized carbons (Fsp3) is 0.250. The van der Waals surface area contributed by atoms with Gasteiger partial charge in [-0.05, 0) is 13.5 Å². The van der Waals surface area contributed by atoms with Crippen LogP contribution in [0.1, 0.15) is 6.92 Å². The molecule has 0 fully saturated rings. The normalized spacial score (nSPS) is 8.50. The van der Waals surface area contributed by atoms with Crippen LogP contribution in [0.3, 0.4) is 0 Å². The second-order valence-electron chi connectivity index (χ2n) is 2.08. The van der Waals surface area contributed by atoms with E-state index in [1.807, 2.05) is 0 Å². The molecule has 0 heterocycles. The largest absolute Gasteiger partial charge is 0.490 e. The van der Waals surface area contributed by atoms with E-state index in [-0.39, 0.29) is 11.3 Å². The summed E-state index contributed by atoms with van der Waals surface area (Å²) in [7, 11) is 1.26. The zero-order valence-corrected chi connectivity index (χ0v) is 7.05. The molecule has 0 aromatic heterocycles. The van der Waals surface area contributed by atoms with Crippen molar-refractivity contribution in [2.45, 2.75) is 6.92 Å². The summed E-state index contributed by atoms with van der Waals surface area (Å²) in [6.45, 7) is 7.94. The van der Waals surface area contributed by atoms with E-state index in [1.165, 1.54) is 14.0 Å². The van der Waals surface area contributed by atoms with E-state index in [4.69, 9.17) is 0 Å². The Bertz CT molecular complexity index is 239. The SMILES string of the molecule is C=C(C)C(=O)OC(=O)C(=C)OC. The molecular weight excluding hydrogens is 160 g/mol. The molecule has 0 radical (unpaired) electrons. The summed E-state index contributed by atoms with van der Waals surface area (Å²) < 4.78 is 8.70. The van der Waals surface area contributed by atoms with Crippen LogP contribution in [0.5, 0.6) is 0 Å². The van der Waals surface area contributed by atoms with E-state index in [2.05, 4.69) is 22.6 Å². The van der Waals surface area contributed by atoms with Gasteiger partial charge in [0.1, 0.15) is 0 Å². The number of carbonyl (C=O) groups is 2. The van der Waals surface area contributed by atoms with Crippen LogP contribution in [0.25, 0.3) is 0 Å². The molecule has 0 spiro atoms. The molecule has 0 amide bonds. The molecule has 0 aromatic rings. The summed E-state index contributed by atoms with van der Waals surface area (Å²) in [6.07, 6.45) is 0. The molecule has 0 unspecified atom stereocenters. The predicted octanol–water partition coefficient (Wildman–Crippen LogP) is 0.792. The standard InChI is InChI=1S/C8H10O4/c1-5(2)7(9)12-8(10)6(3)11-4/h1,3H2,2,4H3. The molecule has 0 aliphatic rings. The second-order valence-corrected chi connectivity index (χ2v) is 2.08. The molecule has 0 aliphatic heterocycles. The van der Waals surface area contributed by atoms with E-state index in [0.29, 0.717) is 0 Å². The van der Waals surface area contributed by atoms with Gasteiger partial charge in [0, 0.05) is 5.57 Å².